The Morgan fingerprint density at radius 3 is 2.40 bits per heavy atom. The third-order valence-corrected chi connectivity index (χ3v) is 4.09. The van der Waals surface area contributed by atoms with Crippen LogP contribution in [0.2, 0.25) is 0 Å². The number of hydrogen-bond acceptors (Lipinski definition) is 5. The van der Waals surface area contributed by atoms with Crippen molar-refractivity contribution < 1.29 is 9.47 Å². The second-order valence-electron chi connectivity index (χ2n) is 5.64. The van der Waals surface area contributed by atoms with Crippen LogP contribution in [-0.2, 0) is 7.05 Å². The fraction of sp³-hybridized carbons (Fsp3) is 0.167. The molecule has 4 heterocycles. The molecule has 4 aromatic heterocycles. The molecule has 0 aliphatic carbocycles. The van der Waals surface area contributed by atoms with Crippen molar-refractivity contribution in [2.24, 2.45) is 7.05 Å². The van der Waals surface area contributed by atoms with E-state index in [1.807, 2.05) is 54.5 Å². The van der Waals surface area contributed by atoms with E-state index in [4.69, 9.17) is 9.47 Å². The highest BCUT2D eigenvalue weighted by atomic mass is 16.5. The van der Waals surface area contributed by atoms with Crippen LogP contribution in [0.1, 0.15) is 0 Å². The molecule has 0 aliphatic heterocycles. The van der Waals surface area contributed by atoms with Crippen molar-refractivity contribution in [2.45, 2.75) is 0 Å². The Kier molecular flexibility index (Phi) is 3.61. The smallest absolute Gasteiger partial charge is 0.212 e. The van der Waals surface area contributed by atoms with E-state index in [2.05, 4.69) is 15.2 Å². The second kappa shape index (κ2) is 5.94. The number of aromatic nitrogens is 5. The lowest BCUT2D eigenvalue weighted by Crippen LogP contribution is -1.94. The summed E-state index contributed by atoms with van der Waals surface area (Å²) in [6.45, 7) is 0. The summed E-state index contributed by atoms with van der Waals surface area (Å²) in [6.07, 6.45) is 9.32. The molecule has 4 aromatic rings. The molecule has 0 N–H and O–H groups in total. The van der Waals surface area contributed by atoms with E-state index in [0.29, 0.717) is 5.88 Å². The number of nitrogens with zero attached hydrogens (tertiary/aromatic N) is 5. The quantitative estimate of drug-likeness (QED) is 0.574. The Labute approximate surface area is 144 Å². The van der Waals surface area contributed by atoms with Gasteiger partial charge in [0.2, 0.25) is 5.88 Å². The molecule has 0 aromatic carbocycles. The molecular formula is C18H17N5O2. The second-order valence-corrected chi connectivity index (χ2v) is 5.64. The Bertz CT molecular complexity index is 1030. The zero-order chi connectivity index (χ0) is 17.4. The normalized spacial score (nSPS) is 11.0. The molecule has 0 amide bonds. The summed E-state index contributed by atoms with van der Waals surface area (Å²) in [7, 11) is 5.15. The average molecular weight is 335 g/mol. The van der Waals surface area contributed by atoms with Gasteiger partial charge in [0.05, 0.1) is 26.6 Å². The van der Waals surface area contributed by atoms with E-state index >= 15 is 0 Å². The van der Waals surface area contributed by atoms with E-state index in [1.165, 1.54) is 0 Å². The first-order chi connectivity index (χ1) is 12.2. The molecule has 0 saturated heterocycles. The summed E-state index contributed by atoms with van der Waals surface area (Å²) < 4.78 is 14.3. The summed E-state index contributed by atoms with van der Waals surface area (Å²) in [4.78, 5) is 4.27. The lowest BCUT2D eigenvalue weighted by Gasteiger charge is -2.08. The molecule has 0 aliphatic rings. The monoisotopic (exact) mass is 335 g/mol. The Hall–Kier alpha value is -3.35. The highest BCUT2D eigenvalue weighted by Gasteiger charge is 2.15. The van der Waals surface area contributed by atoms with E-state index < -0.39 is 0 Å². The van der Waals surface area contributed by atoms with Gasteiger partial charge in [-0.1, -0.05) is 0 Å². The van der Waals surface area contributed by atoms with Gasteiger partial charge in [-0.25, -0.2) is 9.50 Å². The van der Waals surface area contributed by atoms with Crippen molar-refractivity contribution in [1.82, 2.24) is 24.4 Å². The van der Waals surface area contributed by atoms with E-state index in [9.17, 15) is 0 Å². The largest absolute Gasteiger partial charge is 0.494 e. The highest BCUT2D eigenvalue weighted by molar-refractivity contribution is 5.86. The van der Waals surface area contributed by atoms with Crippen molar-refractivity contribution in [3.8, 4) is 33.9 Å². The van der Waals surface area contributed by atoms with E-state index in [0.717, 1.165) is 33.5 Å². The maximum Gasteiger partial charge on any atom is 0.212 e. The lowest BCUT2D eigenvalue weighted by atomic mass is 10.1. The van der Waals surface area contributed by atoms with Gasteiger partial charge >= 0.3 is 0 Å². The predicted octanol–water partition coefficient (Wildman–Crippen LogP) is 2.81. The standard InChI is InChI=1S/C18H17N5O2/c1-22-10-14(8-20-22)13-6-16(24-2)18-15(9-21-23(18)11-13)12-4-5-17(25-3)19-7-12/h4-11H,1-3H3. The number of rotatable bonds is 4. The van der Waals surface area contributed by atoms with Gasteiger partial charge in [0.15, 0.2) is 0 Å². The molecule has 7 nitrogen and oxygen atoms in total. The van der Waals surface area contributed by atoms with Gasteiger partial charge in [0.25, 0.3) is 0 Å². The molecule has 0 spiro atoms. The summed E-state index contributed by atoms with van der Waals surface area (Å²) in [5.41, 5.74) is 4.78. The van der Waals surface area contributed by atoms with Gasteiger partial charge in [0, 0.05) is 54.0 Å². The van der Waals surface area contributed by atoms with Gasteiger partial charge < -0.3 is 9.47 Å². The fourth-order valence-corrected chi connectivity index (χ4v) is 2.84. The van der Waals surface area contributed by atoms with Crippen LogP contribution in [0.4, 0.5) is 0 Å². The molecule has 126 valence electrons. The maximum atomic E-state index is 5.63. The minimum atomic E-state index is 0.575. The molecule has 0 atom stereocenters. The van der Waals surface area contributed by atoms with E-state index in [1.54, 1.807) is 25.1 Å². The summed E-state index contributed by atoms with van der Waals surface area (Å²) in [5, 5.41) is 8.71. The van der Waals surface area contributed by atoms with Crippen LogP contribution in [0, 0.1) is 0 Å². The third kappa shape index (κ3) is 2.59. The van der Waals surface area contributed by atoms with Crippen LogP contribution in [-0.4, -0.2) is 38.6 Å². The minimum Gasteiger partial charge on any atom is -0.494 e. The zero-order valence-corrected chi connectivity index (χ0v) is 14.2. The first-order valence-electron chi connectivity index (χ1n) is 7.74. The summed E-state index contributed by atoms with van der Waals surface area (Å²) >= 11 is 0. The number of hydrogen-bond donors (Lipinski definition) is 0. The Balaban J connectivity index is 1.87. The maximum absolute atomic E-state index is 5.63. The number of fused-ring (bicyclic) bond motifs is 1. The third-order valence-electron chi connectivity index (χ3n) is 4.09. The first kappa shape index (κ1) is 15.2. The van der Waals surface area contributed by atoms with Gasteiger partial charge in [-0.15, -0.1) is 0 Å². The summed E-state index contributed by atoms with van der Waals surface area (Å²) in [5.74, 6) is 1.32. The zero-order valence-electron chi connectivity index (χ0n) is 14.2. The van der Waals surface area contributed by atoms with E-state index in [-0.39, 0.29) is 0 Å². The molecule has 4 rings (SSSR count). The predicted molar refractivity (Wildman–Crippen MR) is 93.7 cm³/mol. The number of pyridine rings is 2. The topological polar surface area (TPSA) is 66.5 Å². The molecule has 0 bridgehead atoms. The van der Waals surface area contributed by atoms with Crippen LogP contribution in [0.3, 0.4) is 0 Å². The van der Waals surface area contributed by atoms with Gasteiger partial charge in [0.1, 0.15) is 11.3 Å². The van der Waals surface area contributed by atoms with Gasteiger partial charge in [-0.2, -0.15) is 10.2 Å². The minimum absolute atomic E-state index is 0.575. The summed E-state index contributed by atoms with van der Waals surface area (Å²) in [6, 6.07) is 5.78. The fourth-order valence-electron chi connectivity index (χ4n) is 2.84. The molecule has 0 radical (unpaired) electrons. The van der Waals surface area contributed by atoms with Crippen LogP contribution in [0.5, 0.6) is 11.6 Å². The highest BCUT2D eigenvalue weighted by Crippen LogP contribution is 2.34. The number of aryl methyl sites for hydroxylation is 1. The first-order valence-corrected chi connectivity index (χ1v) is 7.74. The van der Waals surface area contributed by atoms with Gasteiger partial charge in [-0.3, -0.25) is 4.68 Å². The average Bonchev–Trinajstić information content (AvgIpc) is 3.27. The van der Waals surface area contributed by atoms with Crippen LogP contribution >= 0.6 is 0 Å². The van der Waals surface area contributed by atoms with Crippen LogP contribution in [0.25, 0.3) is 27.8 Å². The molecule has 0 fully saturated rings. The van der Waals surface area contributed by atoms with Crippen molar-refractivity contribution in [3.63, 3.8) is 0 Å². The van der Waals surface area contributed by atoms with Gasteiger partial charge in [-0.05, 0) is 12.1 Å². The number of methoxy groups -OCH3 is 2. The number of ether oxygens (including phenoxy) is 2. The SMILES string of the molecule is COc1ccc(-c2cnn3cc(-c4cnn(C)c4)cc(OC)c23)cn1. The van der Waals surface area contributed by atoms with Crippen molar-refractivity contribution in [2.75, 3.05) is 14.2 Å². The Morgan fingerprint density at radius 2 is 1.76 bits per heavy atom. The Morgan fingerprint density at radius 1 is 0.880 bits per heavy atom. The van der Waals surface area contributed by atoms with Crippen molar-refractivity contribution in [1.29, 1.82) is 0 Å². The van der Waals surface area contributed by atoms with Crippen LogP contribution in [0.15, 0.2) is 49.2 Å². The molecule has 0 unspecified atom stereocenters. The van der Waals surface area contributed by atoms with Crippen molar-refractivity contribution >= 4 is 5.52 Å². The molecule has 7 heteroatoms. The van der Waals surface area contributed by atoms with Crippen molar-refractivity contribution in [3.05, 3.63) is 49.2 Å². The van der Waals surface area contributed by atoms with Crippen LogP contribution < -0.4 is 9.47 Å². The molecule has 25 heavy (non-hydrogen) atoms. The molecular weight excluding hydrogens is 318 g/mol. The lowest BCUT2D eigenvalue weighted by molar-refractivity contribution is 0.398. The molecule has 0 saturated carbocycles.